The Labute approximate surface area is 139 Å². The van der Waals surface area contributed by atoms with Crippen molar-refractivity contribution in [2.45, 2.75) is 73.3 Å². The molecule has 1 saturated heterocycles. The van der Waals surface area contributed by atoms with Gasteiger partial charge in [0.15, 0.2) is 5.78 Å². The van der Waals surface area contributed by atoms with Gasteiger partial charge in [-0.2, -0.15) is 0 Å². The second-order valence-corrected chi connectivity index (χ2v) is 4.98. The van der Waals surface area contributed by atoms with E-state index >= 15 is 0 Å². The zero-order valence-electron chi connectivity index (χ0n) is 15.3. The summed E-state index contributed by atoms with van der Waals surface area (Å²) in [7, 11) is 0. The smallest absolute Gasteiger partial charge is 0.233 e. The second kappa shape index (κ2) is 12.9. The molecule has 0 saturated carbocycles. The Morgan fingerprint density at radius 2 is 1.70 bits per heavy atom. The molecule has 2 amide bonds. The lowest BCUT2D eigenvalue weighted by Crippen LogP contribution is -2.49. The third kappa shape index (κ3) is 7.50. The lowest BCUT2D eigenvalue weighted by Gasteiger charge is -2.24. The molecule has 1 heterocycles. The van der Waals surface area contributed by atoms with Crippen LogP contribution < -0.4 is 5.73 Å². The van der Waals surface area contributed by atoms with E-state index in [-0.39, 0.29) is 48.7 Å². The van der Waals surface area contributed by atoms with Gasteiger partial charge in [0.25, 0.3) is 0 Å². The highest BCUT2D eigenvalue weighted by Gasteiger charge is 2.41. The second-order valence-electron chi connectivity index (χ2n) is 4.98. The maximum absolute atomic E-state index is 12.0. The van der Waals surface area contributed by atoms with Crippen molar-refractivity contribution < 1.29 is 19.2 Å². The average Bonchev–Trinajstić information content (AvgIpc) is 2.78. The van der Waals surface area contributed by atoms with Crippen LogP contribution in [0.3, 0.4) is 0 Å². The molecule has 0 aliphatic carbocycles. The van der Waals surface area contributed by atoms with Crippen LogP contribution in [0.5, 0.6) is 0 Å². The third-order valence-corrected chi connectivity index (χ3v) is 3.27. The van der Waals surface area contributed by atoms with E-state index in [4.69, 9.17) is 5.73 Å². The Morgan fingerprint density at radius 1 is 1.17 bits per heavy atom. The summed E-state index contributed by atoms with van der Waals surface area (Å²) in [6, 6.07) is -0.878. The lowest BCUT2D eigenvalue weighted by atomic mass is 10.0. The number of ketones is 2. The molecule has 23 heavy (non-hydrogen) atoms. The molecule has 1 fully saturated rings. The molecule has 6 nitrogen and oxygen atoms in total. The number of hydrogen-bond acceptors (Lipinski definition) is 5. The van der Waals surface area contributed by atoms with Crippen molar-refractivity contribution >= 4 is 23.4 Å². The summed E-state index contributed by atoms with van der Waals surface area (Å²) >= 11 is 0. The first-order chi connectivity index (χ1) is 10.9. The molecule has 0 spiro atoms. The topological polar surface area (TPSA) is 97.5 Å². The number of amides is 2. The molecule has 2 atom stereocenters. The van der Waals surface area contributed by atoms with Crippen molar-refractivity contribution in [3.8, 4) is 0 Å². The summed E-state index contributed by atoms with van der Waals surface area (Å²) in [6.45, 7) is 11.1. The Morgan fingerprint density at radius 3 is 2.04 bits per heavy atom. The van der Waals surface area contributed by atoms with Crippen LogP contribution in [0.1, 0.15) is 67.2 Å². The maximum atomic E-state index is 12.0. The van der Waals surface area contributed by atoms with E-state index < -0.39 is 6.04 Å². The first-order valence-corrected chi connectivity index (χ1v) is 8.46. The van der Waals surface area contributed by atoms with Gasteiger partial charge in [-0.1, -0.05) is 34.6 Å². The fourth-order valence-electron chi connectivity index (χ4n) is 2.19. The standard InChI is InChI=1S/C13H20N2O4.2C2H6/c1-8-6-12(18)15(13(8)19)10(7-14)11(17)5-3-4-9(2)16;2*1-2/h8,10H,3-7,14H2,1-2H3;2*1-2H3. The number of likely N-dealkylation sites (tertiary alicyclic amines) is 1. The van der Waals surface area contributed by atoms with Gasteiger partial charge in [-0.05, 0) is 13.3 Å². The molecule has 0 aromatic carbocycles. The van der Waals surface area contributed by atoms with E-state index in [0.29, 0.717) is 12.8 Å². The maximum Gasteiger partial charge on any atom is 0.233 e. The largest absolute Gasteiger partial charge is 0.328 e. The fourth-order valence-corrected chi connectivity index (χ4v) is 2.19. The van der Waals surface area contributed by atoms with E-state index in [1.165, 1.54) is 6.92 Å². The van der Waals surface area contributed by atoms with E-state index in [1.54, 1.807) is 6.92 Å². The van der Waals surface area contributed by atoms with Gasteiger partial charge in [0, 0.05) is 31.7 Å². The predicted octanol–water partition coefficient (Wildman–Crippen LogP) is 2.09. The number of rotatable bonds is 7. The van der Waals surface area contributed by atoms with Gasteiger partial charge in [-0.3, -0.25) is 19.3 Å². The van der Waals surface area contributed by atoms with Crippen LogP contribution in [0.4, 0.5) is 0 Å². The number of nitrogens with zero attached hydrogens (tertiary/aromatic N) is 1. The summed E-state index contributed by atoms with van der Waals surface area (Å²) in [6.07, 6.45) is 1.04. The Bertz CT molecular complexity index is 407. The Kier molecular flexibility index (Phi) is 13.3. The van der Waals surface area contributed by atoms with Crippen molar-refractivity contribution in [2.24, 2.45) is 11.7 Å². The summed E-state index contributed by atoms with van der Waals surface area (Å²) in [5, 5.41) is 0. The van der Waals surface area contributed by atoms with Gasteiger partial charge >= 0.3 is 0 Å². The molecule has 2 unspecified atom stereocenters. The van der Waals surface area contributed by atoms with Crippen molar-refractivity contribution in [3.05, 3.63) is 0 Å². The zero-order chi connectivity index (χ0) is 18.6. The first-order valence-electron chi connectivity index (χ1n) is 8.46. The number of carbonyl (C=O) groups is 4. The Balaban J connectivity index is 0. The third-order valence-electron chi connectivity index (χ3n) is 3.27. The molecule has 1 rings (SSSR count). The molecular formula is C17H32N2O4. The SMILES string of the molecule is CC.CC.CC(=O)CCCC(=O)C(CN)N1C(=O)CC(C)C1=O. The van der Waals surface area contributed by atoms with Crippen LogP contribution in [0.25, 0.3) is 0 Å². The minimum absolute atomic E-state index is 0.0130. The van der Waals surface area contributed by atoms with Crippen LogP contribution in [0.2, 0.25) is 0 Å². The number of hydrogen-bond donors (Lipinski definition) is 1. The van der Waals surface area contributed by atoms with Gasteiger partial charge in [-0.25, -0.2) is 0 Å². The van der Waals surface area contributed by atoms with Crippen molar-refractivity contribution in [1.29, 1.82) is 0 Å². The molecule has 1 aliphatic rings. The highest BCUT2D eigenvalue weighted by atomic mass is 16.2. The van der Waals surface area contributed by atoms with Crippen LogP contribution in [0.15, 0.2) is 0 Å². The average molecular weight is 328 g/mol. The van der Waals surface area contributed by atoms with Gasteiger partial charge in [-0.15, -0.1) is 0 Å². The highest BCUT2D eigenvalue weighted by molar-refractivity contribution is 6.07. The summed E-state index contributed by atoms with van der Waals surface area (Å²) in [4.78, 5) is 47.4. The van der Waals surface area contributed by atoms with Crippen molar-refractivity contribution in [1.82, 2.24) is 4.90 Å². The minimum atomic E-state index is -0.878. The number of nitrogens with two attached hydrogens (primary N) is 1. The van der Waals surface area contributed by atoms with E-state index in [2.05, 4.69) is 0 Å². The number of imide groups is 1. The van der Waals surface area contributed by atoms with Crippen LogP contribution in [-0.4, -0.2) is 40.9 Å². The van der Waals surface area contributed by atoms with Gasteiger partial charge in [0.05, 0.1) is 0 Å². The fraction of sp³-hybridized carbons (Fsp3) is 0.765. The molecular weight excluding hydrogens is 296 g/mol. The number of Topliss-reactive ketones (excluding diaryl/α,β-unsaturated/α-hetero) is 2. The van der Waals surface area contributed by atoms with Crippen LogP contribution >= 0.6 is 0 Å². The highest BCUT2D eigenvalue weighted by Crippen LogP contribution is 2.22. The molecule has 134 valence electrons. The molecule has 6 heteroatoms. The van der Waals surface area contributed by atoms with Crippen LogP contribution in [-0.2, 0) is 19.2 Å². The van der Waals surface area contributed by atoms with Gasteiger partial charge < -0.3 is 10.5 Å². The normalized spacial score (nSPS) is 17.7. The molecule has 0 aromatic rings. The summed E-state index contributed by atoms with van der Waals surface area (Å²) in [5.74, 6) is -1.29. The van der Waals surface area contributed by atoms with E-state index in [9.17, 15) is 19.2 Å². The quantitative estimate of drug-likeness (QED) is 0.722. The molecule has 0 aromatic heterocycles. The van der Waals surface area contributed by atoms with Crippen LogP contribution in [0, 0.1) is 5.92 Å². The van der Waals surface area contributed by atoms with Gasteiger partial charge in [0.1, 0.15) is 11.8 Å². The monoisotopic (exact) mass is 328 g/mol. The first kappa shape index (κ1) is 23.7. The van der Waals surface area contributed by atoms with E-state index in [0.717, 1.165) is 4.90 Å². The summed E-state index contributed by atoms with van der Waals surface area (Å²) in [5.41, 5.74) is 5.52. The molecule has 0 bridgehead atoms. The molecule has 1 aliphatic heterocycles. The van der Waals surface area contributed by atoms with Crippen molar-refractivity contribution in [2.75, 3.05) is 6.54 Å². The zero-order valence-corrected chi connectivity index (χ0v) is 15.3. The number of carbonyl (C=O) groups excluding carboxylic acids is 4. The van der Waals surface area contributed by atoms with Crippen molar-refractivity contribution in [3.63, 3.8) is 0 Å². The van der Waals surface area contributed by atoms with Gasteiger partial charge in [0.2, 0.25) is 11.8 Å². The summed E-state index contributed by atoms with van der Waals surface area (Å²) < 4.78 is 0. The van der Waals surface area contributed by atoms with E-state index in [1.807, 2.05) is 27.7 Å². The lowest BCUT2D eigenvalue weighted by molar-refractivity contribution is -0.146. The predicted molar refractivity (Wildman–Crippen MR) is 90.7 cm³/mol. The molecule has 2 N–H and O–H groups in total. The minimum Gasteiger partial charge on any atom is -0.328 e. The molecule has 0 radical (unpaired) electrons. The Hall–Kier alpha value is -1.56.